The van der Waals surface area contributed by atoms with Crippen LogP contribution in [0.1, 0.15) is 22.8 Å². The Hall–Kier alpha value is -2.71. The fourth-order valence-corrected chi connectivity index (χ4v) is 2.57. The maximum absolute atomic E-state index is 11.4. The molecule has 1 aromatic carbocycles. The lowest BCUT2D eigenvalue weighted by Gasteiger charge is -2.24. The fraction of sp³-hybridized carbons (Fsp3) is 0.176. The number of pyridine rings is 1. The van der Waals surface area contributed by atoms with E-state index in [1.165, 1.54) is 6.20 Å². The Labute approximate surface area is 162 Å². The summed E-state index contributed by atoms with van der Waals surface area (Å²) in [5.41, 5.74) is 5.14. The van der Waals surface area contributed by atoms with Crippen molar-refractivity contribution in [3.8, 4) is 0 Å². The van der Waals surface area contributed by atoms with Gasteiger partial charge in [-0.3, -0.25) is 15.2 Å². The van der Waals surface area contributed by atoms with Gasteiger partial charge in [0, 0.05) is 31.0 Å². The SMILES string of the molecule is CCNC(=S)Nc1ncc(C=O)c(NN(C)c2ccc(Cl)cc2)c1C=N. The monoisotopic (exact) mass is 390 g/mol. The number of anilines is 3. The van der Waals surface area contributed by atoms with Crippen molar-refractivity contribution in [2.24, 2.45) is 0 Å². The highest BCUT2D eigenvalue weighted by Gasteiger charge is 2.16. The molecule has 1 aromatic heterocycles. The van der Waals surface area contributed by atoms with Crippen molar-refractivity contribution in [2.45, 2.75) is 6.92 Å². The summed E-state index contributed by atoms with van der Waals surface area (Å²) in [4.78, 5) is 15.6. The van der Waals surface area contributed by atoms with E-state index in [0.717, 1.165) is 11.9 Å². The van der Waals surface area contributed by atoms with Crippen LogP contribution in [0.25, 0.3) is 0 Å². The zero-order chi connectivity index (χ0) is 19.1. The molecule has 4 N–H and O–H groups in total. The van der Waals surface area contributed by atoms with Gasteiger partial charge >= 0.3 is 0 Å². The molecule has 26 heavy (non-hydrogen) atoms. The number of aldehydes is 1. The second-order valence-electron chi connectivity index (χ2n) is 5.24. The average molecular weight is 391 g/mol. The minimum absolute atomic E-state index is 0.323. The van der Waals surface area contributed by atoms with Gasteiger partial charge < -0.3 is 16.0 Å². The lowest BCUT2D eigenvalue weighted by Crippen LogP contribution is -2.30. The third kappa shape index (κ3) is 4.68. The van der Waals surface area contributed by atoms with Crippen LogP contribution in [0.3, 0.4) is 0 Å². The van der Waals surface area contributed by atoms with E-state index in [4.69, 9.17) is 29.2 Å². The van der Waals surface area contributed by atoms with Gasteiger partial charge in [0.25, 0.3) is 0 Å². The van der Waals surface area contributed by atoms with Crippen molar-refractivity contribution in [3.05, 3.63) is 46.6 Å². The third-order valence-corrected chi connectivity index (χ3v) is 3.98. The van der Waals surface area contributed by atoms with Crippen molar-refractivity contribution < 1.29 is 4.79 Å². The number of hydrogen-bond acceptors (Lipinski definition) is 6. The second-order valence-corrected chi connectivity index (χ2v) is 6.09. The van der Waals surface area contributed by atoms with Crippen LogP contribution in [0.2, 0.25) is 5.02 Å². The zero-order valence-electron chi connectivity index (χ0n) is 14.3. The van der Waals surface area contributed by atoms with Crippen LogP contribution in [-0.2, 0) is 0 Å². The van der Waals surface area contributed by atoms with Crippen molar-refractivity contribution in [1.29, 1.82) is 5.41 Å². The molecule has 1 heterocycles. The molecule has 0 fully saturated rings. The van der Waals surface area contributed by atoms with Gasteiger partial charge in [-0.2, -0.15) is 0 Å². The van der Waals surface area contributed by atoms with Crippen LogP contribution in [0.15, 0.2) is 30.5 Å². The minimum atomic E-state index is 0.323. The normalized spacial score (nSPS) is 9.96. The maximum Gasteiger partial charge on any atom is 0.171 e. The number of nitrogens with zero attached hydrogens (tertiary/aromatic N) is 2. The summed E-state index contributed by atoms with van der Waals surface area (Å²) in [7, 11) is 1.79. The van der Waals surface area contributed by atoms with E-state index in [-0.39, 0.29) is 0 Å². The van der Waals surface area contributed by atoms with Gasteiger partial charge in [0.2, 0.25) is 0 Å². The van der Waals surface area contributed by atoms with E-state index >= 15 is 0 Å². The molecule has 2 rings (SSSR count). The van der Waals surface area contributed by atoms with E-state index in [9.17, 15) is 4.79 Å². The van der Waals surface area contributed by atoms with Crippen molar-refractivity contribution in [1.82, 2.24) is 10.3 Å². The molecular weight excluding hydrogens is 372 g/mol. The first-order chi connectivity index (χ1) is 12.5. The third-order valence-electron chi connectivity index (χ3n) is 3.48. The highest BCUT2D eigenvalue weighted by atomic mass is 35.5. The Morgan fingerprint density at radius 1 is 1.38 bits per heavy atom. The number of benzene rings is 1. The molecule has 0 saturated carbocycles. The topological polar surface area (TPSA) is 93.1 Å². The maximum atomic E-state index is 11.4. The molecular formula is C17H19ClN6OS. The van der Waals surface area contributed by atoms with Crippen LogP contribution < -0.4 is 21.1 Å². The number of carbonyl (C=O) groups is 1. The number of aromatic nitrogens is 1. The number of hydrazine groups is 1. The Morgan fingerprint density at radius 3 is 2.65 bits per heavy atom. The summed E-state index contributed by atoms with van der Waals surface area (Å²) in [6.07, 6.45) is 3.23. The lowest BCUT2D eigenvalue weighted by atomic mass is 10.1. The molecule has 0 radical (unpaired) electrons. The van der Waals surface area contributed by atoms with Gasteiger partial charge in [-0.1, -0.05) is 11.6 Å². The van der Waals surface area contributed by atoms with E-state index in [0.29, 0.717) is 45.6 Å². The summed E-state index contributed by atoms with van der Waals surface area (Å²) >= 11 is 11.1. The van der Waals surface area contributed by atoms with Gasteiger partial charge in [-0.15, -0.1) is 0 Å². The predicted molar refractivity (Wildman–Crippen MR) is 111 cm³/mol. The standard InChI is InChI=1S/C17H19ClN6OS/c1-3-20-17(26)22-16-14(8-19)15(11(10-25)9-21-16)23-24(2)13-6-4-12(18)5-7-13/h4-10,19H,3H2,1-2H3,(H3,20,21,22,23,26). The van der Waals surface area contributed by atoms with Gasteiger partial charge in [0.1, 0.15) is 5.82 Å². The number of hydrogen-bond donors (Lipinski definition) is 4. The van der Waals surface area contributed by atoms with Gasteiger partial charge in [-0.25, -0.2) is 4.98 Å². The fourth-order valence-electron chi connectivity index (χ4n) is 2.21. The summed E-state index contributed by atoms with van der Waals surface area (Å²) in [6.45, 7) is 2.57. The first-order valence-electron chi connectivity index (χ1n) is 7.79. The molecule has 0 aliphatic heterocycles. The molecule has 0 spiro atoms. The van der Waals surface area contributed by atoms with E-state index in [2.05, 4.69) is 21.0 Å². The quantitative estimate of drug-likeness (QED) is 0.249. The van der Waals surface area contributed by atoms with Crippen molar-refractivity contribution in [3.63, 3.8) is 0 Å². The number of nitrogens with one attached hydrogen (secondary N) is 4. The first kappa shape index (κ1) is 19.6. The largest absolute Gasteiger partial charge is 0.363 e. The molecule has 136 valence electrons. The van der Waals surface area contributed by atoms with Crippen LogP contribution >= 0.6 is 23.8 Å². The molecule has 0 aliphatic rings. The predicted octanol–water partition coefficient (Wildman–Crippen LogP) is 3.31. The lowest BCUT2D eigenvalue weighted by molar-refractivity contribution is 0.112. The molecule has 0 amide bonds. The molecule has 9 heteroatoms. The van der Waals surface area contributed by atoms with Gasteiger partial charge in [0.05, 0.1) is 22.5 Å². The Balaban J connectivity index is 2.38. The second kappa shape index (κ2) is 9.12. The van der Waals surface area contributed by atoms with E-state index in [1.807, 2.05) is 19.1 Å². The van der Waals surface area contributed by atoms with Crippen LogP contribution in [0, 0.1) is 5.41 Å². The summed E-state index contributed by atoms with van der Waals surface area (Å²) in [5.74, 6) is 0.378. The number of thiocarbonyl (C=S) groups is 1. The van der Waals surface area contributed by atoms with Crippen LogP contribution in [-0.4, -0.2) is 36.2 Å². The van der Waals surface area contributed by atoms with E-state index in [1.54, 1.807) is 24.2 Å². The first-order valence-corrected chi connectivity index (χ1v) is 8.58. The summed E-state index contributed by atoms with van der Waals surface area (Å²) in [5, 5.41) is 16.4. The minimum Gasteiger partial charge on any atom is -0.363 e. The van der Waals surface area contributed by atoms with Gasteiger partial charge in [-0.05, 0) is 43.4 Å². The Bertz CT molecular complexity index is 812. The van der Waals surface area contributed by atoms with Gasteiger partial charge in [0.15, 0.2) is 11.4 Å². The summed E-state index contributed by atoms with van der Waals surface area (Å²) in [6, 6.07) is 7.20. The van der Waals surface area contributed by atoms with Crippen molar-refractivity contribution in [2.75, 3.05) is 29.3 Å². The molecule has 7 nitrogen and oxygen atoms in total. The summed E-state index contributed by atoms with van der Waals surface area (Å²) < 4.78 is 0. The van der Waals surface area contributed by atoms with Crippen LogP contribution in [0.4, 0.5) is 17.2 Å². The molecule has 0 bridgehead atoms. The van der Waals surface area contributed by atoms with Crippen LogP contribution in [0.5, 0.6) is 0 Å². The number of carbonyl (C=O) groups excluding carboxylic acids is 1. The highest BCUT2D eigenvalue weighted by molar-refractivity contribution is 7.80. The molecule has 2 aromatic rings. The van der Waals surface area contributed by atoms with E-state index < -0.39 is 0 Å². The average Bonchev–Trinajstić information content (AvgIpc) is 2.62. The van der Waals surface area contributed by atoms with Crippen molar-refractivity contribution >= 4 is 58.6 Å². The Kier molecular flexibility index (Phi) is 6.88. The smallest absolute Gasteiger partial charge is 0.171 e. The molecule has 0 aliphatic carbocycles. The molecule has 0 atom stereocenters. The zero-order valence-corrected chi connectivity index (χ0v) is 15.9. The Morgan fingerprint density at radius 2 is 2.08 bits per heavy atom. The molecule has 0 unspecified atom stereocenters. The molecule has 0 saturated heterocycles. The number of rotatable bonds is 7. The highest BCUT2D eigenvalue weighted by Crippen LogP contribution is 2.26. The number of halogens is 1.